The first-order valence-electron chi connectivity index (χ1n) is 8.05. The monoisotopic (exact) mass is 349 g/mol. The molecule has 0 radical (unpaired) electrons. The minimum absolute atomic E-state index is 0.275. The van der Waals surface area contributed by atoms with Crippen molar-refractivity contribution in [2.24, 2.45) is 0 Å². The minimum Gasteiger partial charge on any atom is -0.465 e. The third kappa shape index (κ3) is 3.94. The van der Waals surface area contributed by atoms with Gasteiger partial charge in [0.15, 0.2) is 5.82 Å². The van der Waals surface area contributed by atoms with E-state index in [9.17, 15) is 4.79 Å². The highest BCUT2D eigenvalue weighted by molar-refractivity contribution is 5.96. The lowest BCUT2D eigenvalue weighted by molar-refractivity contribution is 0.0602. The molecule has 0 saturated heterocycles. The zero-order chi connectivity index (χ0) is 18.5. The van der Waals surface area contributed by atoms with Gasteiger partial charge in [0, 0.05) is 5.69 Å². The number of hydrogen-bond acceptors (Lipinski definition) is 7. The lowest BCUT2D eigenvalue weighted by atomic mass is 10.1. The Bertz CT molecular complexity index is 943. The Hall–Kier alpha value is -3.48. The number of carbonyl (C=O) groups excluding carboxylic acids is 1. The maximum atomic E-state index is 11.9. The number of anilines is 4. The van der Waals surface area contributed by atoms with Gasteiger partial charge >= 0.3 is 5.97 Å². The maximum absolute atomic E-state index is 11.9. The fraction of sp³-hybridized carbons (Fsp3) is 0.158. The fourth-order valence-electron chi connectivity index (χ4n) is 2.43. The van der Waals surface area contributed by atoms with Crippen molar-refractivity contribution in [3.05, 3.63) is 65.4 Å². The van der Waals surface area contributed by atoms with E-state index in [0.717, 1.165) is 16.8 Å². The molecule has 0 saturated carbocycles. The Balaban J connectivity index is 1.85. The molecule has 2 aromatic carbocycles. The summed E-state index contributed by atoms with van der Waals surface area (Å²) in [6.45, 7) is 4.04. The van der Waals surface area contributed by atoms with Crippen LogP contribution in [0.4, 0.5) is 23.1 Å². The number of ether oxygens (including phenoxy) is 1. The molecule has 0 aliphatic carbocycles. The van der Waals surface area contributed by atoms with Crippen LogP contribution in [-0.2, 0) is 4.74 Å². The second kappa shape index (κ2) is 7.60. The number of carbonyl (C=O) groups is 1. The SMILES string of the molecule is COC(=O)c1ccccc1Nc1nncc(Nc2cc(C)ccc2C)n1. The summed E-state index contributed by atoms with van der Waals surface area (Å²) < 4.78 is 4.79. The van der Waals surface area contributed by atoms with Gasteiger partial charge in [-0.3, -0.25) is 0 Å². The van der Waals surface area contributed by atoms with E-state index >= 15 is 0 Å². The molecule has 0 fully saturated rings. The van der Waals surface area contributed by atoms with Crippen molar-refractivity contribution >= 4 is 29.1 Å². The normalized spacial score (nSPS) is 10.3. The van der Waals surface area contributed by atoms with E-state index in [1.807, 2.05) is 26.0 Å². The molecule has 26 heavy (non-hydrogen) atoms. The molecule has 0 unspecified atom stereocenters. The van der Waals surface area contributed by atoms with Crippen molar-refractivity contribution in [1.82, 2.24) is 15.2 Å². The molecule has 0 aliphatic heterocycles. The summed E-state index contributed by atoms with van der Waals surface area (Å²) in [7, 11) is 1.34. The van der Waals surface area contributed by atoms with Gasteiger partial charge in [0.1, 0.15) is 0 Å². The number of nitrogens with one attached hydrogen (secondary N) is 2. The fourth-order valence-corrected chi connectivity index (χ4v) is 2.43. The van der Waals surface area contributed by atoms with Crippen molar-refractivity contribution in [3.8, 4) is 0 Å². The topological polar surface area (TPSA) is 89.0 Å². The first-order valence-corrected chi connectivity index (χ1v) is 8.05. The van der Waals surface area contributed by atoms with Crippen LogP contribution < -0.4 is 10.6 Å². The van der Waals surface area contributed by atoms with E-state index < -0.39 is 5.97 Å². The molecular weight excluding hydrogens is 330 g/mol. The number of benzene rings is 2. The van der Waals surface area contributed by atoms with E-state index in [0.29, 0.717) is 17.1 Å². The van der Waals surface area contributed by atoms with Gasteiger partial charge in [-0.05, 0) is 43.2 Å². The molecule has 1 heterocycles. The van der Waals surface area contributed by atoms with E-state index in [4.69, 9.17) is 4.74 Å². The number of rotatable bonds is 5. The summed E-state index contributed by atoms with van der Waals surface area (Å²) >= 11 is 0. The van der Waals surface area contributed by atoms with Gasteiger partial charge in [-0.1, -0.05) is 24.3 Å². The number of methoxy groups -OCH3 is 1. The van der Waals surface area contributed by atoms with Crippen LogP contribution in [0, 0.1) is 13.8 Å². The number of aryl methyl sites for hydroxylation is 2. The highest BCUT2D eigenvalue weighted by Gasteiger charge is 2.12. The Morgan fingerprint density at radius 3 is 2.65 bits per heavy atom. The van der Waals surface area contributed by atoms with Crippen LogP contribution in [0.3, 0.4) is 0 Å². The van der Waals surface area contributed by atoms with Gasteiger partial charge in [-0.25, -0.2) is 4.79 Å². The molecule has 0 bridgehead atoms. The molecule has 1 aromatic heterocycles. The Morgan fingerprint density at radius 1 is 1.04 bits per heavy atom. The first kappa shape index (κ1) is 17.3. The van der Waals surface area contributed by atoms with E-state index in [-0.39, 0.29) is 5.95 Å². The van der Waals surface area contributed by atoms with E-state index in [1.54, 1.807) is 30.5 Å². The molecule has 0 spiro atoms. The average molecular weight is 349 g/mol. The van der Waals surface area contributed by atoms with Crippen LogP contribution >= 0.6 is 0 Å². The Kier molecular flexibility index (Phi) is 5.07. The molecule has 3 aromatic rings. The largest absolute Gasteiger partial charge is 0.465 e. The predicted molar refractivity (Wildman–Crippen MR) is 100 cm³/mol. The zero-order valence-electron chi connectivity index (χ0n) is 14.8. The molecule has 0 amide bonds. The number of para-hydroxylation sites is 1. The van der Waals surface area contributed by atoms with Crippen molar-refractivity contribution in [3.63, 3.8) is 0 Å². The lowest BCUT2D eigenvalue weighted by Gasteiger charge is -2.11. The summed E-state index contributed by atoms with van der Waals surface area (Å²) in [4.78, 5) is 16.3. The van der Waals surface area contributed by atoms with Crippen molar-refractivity contribution in [1.29, 1.82) is 0 Å². The summed E-state index contributed by atoms with van der Waals surface area (Å²) in [5, 5.41) is 14.2. The summed E-state index contributed by atoms with van der Waals surface area (Å²) in [5.41, 5.74) is 4.13. The van der Waals surface area contributed by atoms with Gasteiger partial charge in [-0.2, -0.15) is 10.1 Å². The second-order valence-electron chi connectivity index (χ2n) is 5.77. The molecule has 0 atom stereocenters. The van der Waals surface area contributed by atoms with Gasteiger partial charge in [-0.15, -0.1) is 5.10 Å². The average Bonchev–Trinajstić information content (AvgIpc) is 2.65. The predicted octanol–water partition coefficient (Wildman–Crippen LogP) is 3.76. The molecule has 7 heteroatoms. The standard InChI is InChI=1S/C19H19N5O2/c1-12-8-9-13(2)16(10-12)21-17-11-20-24-19(23-17)22-15-7-5-4-6-14(15)18(25)26-3/h4-11H,1-3H3,(H2,21,22,23,24). The number of hydrogen-bond donors (Lipinski definition) is 2. The van der Waals surface area contributed by atoms with Gasteiger partial charge < -0.3 is 15.4 Å². The van der Waals surface area contributed by atoms with Crippen LogP contribution in [0.2, 0.25) is 0 Å². The third-order valence-electron chi connectivity index (χ3n) is 3.79. The van der Waals surface area contributed by atoms with Gasteiger partial charge in [0.25, 0.3) is 0 Å². The van der Waals surface area contributed by atoms with Gasteiger partial charge in [0.05, 0.1) is 24.6 Å². The highest BCUT2D eigenvalue weighted by atomic mass is 16.5. The molecule has 0 aliphatic rings. The van der Waals surface area contributed by atoms with Crippen LogP contribution in [0.5, 0.6) is 0 Å². The molecule has 3 rings (SSSR count). The van der Waals surface area contributed by atoms with Crippen LogP contribution in [-0.4, -0.2) is 28.3 Å². The lowest BCUT2D eigenvalue weighted by Crippen LogP contribution is -2.08. The second-order valence-corrected chi connectivity index (χ2v) is 5.77. The third-order valence-corrected chi connectivity index (χ3v) is 3.79. The van der Waals surface area contributed by atoms with Gasteiger partial charge in [0.2, 0.25) is 5.95 Å². The molecular formula is C19H19N5O2. The summed E-state index contributed by atoms with van der Waals surface area (Å²) in [6.07, 6.45) is 1.54. The molecule has 2 N–H and O–H groups in total. The smallest absolute Gasteiger partial charge is 0.339 e. The minimum atomic E-state index is -0.439. The summed E-state index contributed by atoms with van der Waals surface area (Å²) in [5.74, 6) is 0.383. The number of nitrogens with zero attached hydrogens (tertiary/aromatic N) is 3. The highest BCUT2D eigenvalue weighted by Crippen LogP contribution is 2.22. The molecule has 7 nitrogen and oxygen atoms in total. The molecule has 132 valence electrons. The van der Waals surface area contributed by atoms with Crippen molar-refractivity contribution < 1.29 is 9.53 Å². The first-order chi connectivity index (χ1) is 12.6. The summed E-state index contributed by atoms with van der Waals surface area (Å²) in [6, 6.07) is 13.1. The number of esters is 1. The van der Waals surface area contributed by atoms with Crippen LogP contribution in [0.25, 0.3) is 0 Å². The Morgan fingerprint density at radius 2 is 1.85 bits per heavy atom. The zero-order valence-corrected chi connectivity index (χ0v) is 14.8. The van der Waals surface area contributed by atoms with E-state index in [2.05, 4.69) is 31.9 Å². The van der Waals surface area contributed by atoms with Crippen LogP contribution in [0.15, 0.2) is 48.7 Å². The number of aromatic nitrogens is 3. The Labute approximate surface area is 151 Å². The maximum Gasteiger partial charge on any atom is 0.339 e. The quantitative estimate of drug-likeness (QED) is 0.678. The van der Waals surface area contributed by atoms with Crippen molar-refractivity contribution in [2.75, 3.05) is 17.7 Å². The van der Waals surface area contributed by atoms with E-state index in [1.165, 1.54) is 7.11 Å². The van der Waals surface area contributed by atoms with Crippen LogP contribution in [0.1, 0.15) is 21.5 Å². The van der Waals surface area contributed by atoms with Crippen molar-refractivity contribution in [2.45, 2.75) is 13.8 Å².